The molecular weight excluding hydrogens is 396 g/mol. The van der Waals surface area contributed by atoms with Gasteiger partial charge < -0.3 is 10.6 Å². The lowest BCUT2D eigenvalue weighted by Crippen LogP contribution is -2.54. The molecule has 166 valence electrons. The Hall–Kier alpha value is -2.58. The molecule has 2 fully saturated rings. The summed E-state index contributed by atoms with van der Waals surface area (Å²) in [5.74, 6) is -0.867. The van der Waals surface area contributed by atoms with E-state index in [0.29, 0.717) is 35.5 Å². The molecule has 4 amide bonds. The molecule has 0 bridgehead atoms. The number of fused-ring (bicyclic) bond motifs is 1. The smallest absolute Gasteiger partial charge is 0.262 e. The Bertz CT molecular complexity index is 907. The highest BCUT2D eigenvalue weighted by molar-refractivity contribution is 6.24. The number of hydrogen-bond acceptors (Lipinski definition) is 6. The van der Waals surface area contributed by atoms with Crippen molar-refractivity contribution in [3.63, 3.8) is 0 Å². The Morgan fingerprint density at radius 3 is 2.48 bits per heavy atom. The van der Waals surface area contributed by atoms with Gasteiger partial charge in [-0.2, -0.15) is 0 Å². The van der Waals surface area contributed by atoms with E-state index in [-0.39, 0.29) is 18.7 Å². The third-order valence-electron chi connectivity index (χ3n) is 6.69. The van der Waals surface area contributed by atoms with Crippen LogP contribution in [0.3, 0.4) is 0 Å². The first-order valence-corrected chi connectivity index (χ1v) is 11.2. The van der Waals surface area contributed by atoms with E-state index in [0.717, 1.165) is 36.4 Å². The first-order valence-electron chi connectivity index (χ1n) is 11.2. The second kappa shape index (κ2) is 8.88. The highest BCUT2D eigenvalue weighted by Crippen LogP contribution is 2.30. The van der Waals surface area contributed by atoms with Crippen molar-refractivity contribution in [2.24, 2.45) is 11.8 Å². The summed E-state index contributed by atoms with van der Waals surface area (Å²) < 4.78 is 0. The predicted molar refractivity (Wildman–Crippen MR) is 114 cm³/mol. The molecule has 0 aliphatic carbocycles. The first-order chi connectivity index (χ1) is 14.9. The Kier molecular flexibility index (Phi) is 6.20. The fourth-order valence-electron chi connectivity index (χ4n) is 5.11. The van der Waals surface area contributed by atoms with Crippen LogP contribution in [-0.2, 0) is 16.1 Å². The molecule has 3 N–H and O–H groups in total. The number of hydrogen-bond donors (Lipinski definition) is 3. The van der Waals surface area contributed by atoms with Crippen molar-refractivity contribution >= 4 is 23.6 Å². The summed E-state index contributed by atoms with van der Waals surface area (Å²) in [6.07, 6.45) is 2.51. The molecule has 8 nitrogen and oxygen atoms in total. The maximum Gasteiger partial charge on any atom is 0.262 e. The Balaban J connectivity index is 1.54. The van der Waals surface area contributed by atoms with Crippen LogP contribution < -0.4 is 16.0 Å². The fraction of sp³-hybridized carbons (Fsp3) is 0.565. The number of amides is 4. The van der Waals surface area contributed by atoms with Crippen LogP contribution in [-0.4, -0.2) is 53.7 Å². The van der Waals surface area contributed by atoms with Crippen molar-refractivity contribution in [2.45, 2.75) is 58.2 Å². The van der Waals surface area contributed by atoms with E-state index in [9.17, 15) is 19.2 Å². The SMILES string of the molecule is CC(C)C(NCc1cccc2c1C(=O)N(C1CCC(=O)NC1=O)C2=O)C1CCNCC1. The molecule has 0 spiro atoms. The van der Waals surface area contributed by atoms with Gasteiger partial charge in [-0.1, -0.05) is 26.0 Å². The van der Waals surface area contributed by atoms with E-state index in [2.05, 4.69) is 29.8 Å². The van der Waals surface area contributed by atoms with Gasteiger partial charge in [0.15, 0.2) is 0 Å². The lowest BCUT2D eigenvalue weighted by Gasteiger charge is -2.34. The molecule has 0 saturated carbocycles. The minimum Gasteiger partial charge on any atom is -0.317 e. The van der Waals surface area contributed by atoms with Crippen LogP contribution >= 0.6 is 0 Å². The van der Waals surface area contributed by atoms with Crippen LogP contribution in [0.5, 0.6) is 0 Å². The zero-order chi connectivity index (χ0) is 22.1. The number of imide groups is 2. The van der Waals surface area contributed by atoms with Gasteiger partial charge in [0, 0.05) is 19.0 Å². The van der Waals surface area contributed by atoms with Gasteiger partial charge in [-0.3, -0.25) is 29.4 Å². The molecule has 3 heterocycles. The molecule has 8 heteroatoms. The van der Waals surface area contributed by atoms with Gasteiger partial charge in [-0.25, -0.2) is 0 Å². The number of piperidine rings is 2. The summed E-state index contributed by atoms with van der Waals surface area (Å²) in [7, 11) is 0. The summed E-state index contributed by atoms with van der Waals surface area (Å²) in [5.41, 5.74) is 1.47. The van der Waals surface area contributed by atoms with Crippen molar-refractivity contribution in [1.82, 2.24) is 20.9 Å². The Morgan fingerprint density at radius 1 is 1.06 bits per heavy atom. The molecule has 4 rings (SSSR count). The molecule has 31 heavy (non-hydrogen) atoms. The fourth-order valence-corrected chi connectivity index (χ4v) is 5.11. The minimum atomic E-state index is -0.941. The van der Waals surface area contributed by atoms with Gasteiger partial charge in [0.05, 0.1) is 11.1 Å². The number of rotatable bonds is 6. The quantitative estimate of drug-likeness (QED) is 0.590. The summed E-state index contributed by atoms with van der Waals surface area (Å²) >= 11 is 0. The molecule has 3 aliphatic heterocycles. The maximum absolute atomic E-state index is 13.2. The number of benzene rings is 1. The van der Waals surface area contributed by atoms with Crippen molar-refractivity contribution in [1.29, 1.82) is 0 Å². The van der Waals surface area contributed by atoms with Crippen molar-refractivity contribution in [3.05, 3.63) is 34.9 Å². The second-order valence-corrected chi connectivity index (χ2v) is 9.03. The average Bonchev–Trinajstić information content (AvgIpc) is 3.00. The molecular formula is C23H30N4O4. The molecule has 2 saturated heterocycles. The summed E-state index contributed by atoms with van der Waals surface area (Å²) in [4.78, 5) is 51.0. The van der Waals surface area contributed by atoms with Crippen LogP contribution in [0.15, 0.2) is 18.2 Å². The zero-order valence-corrected chi connectivity index (χ0v) is 18.1. The topological polar surface area (TPSA) is 108 Å². The van der Waals surface area contributed by atoms with Crippen LogP contribution in [0.1, 0.15) is 65.8 Å². The van der Waals surface area contributed by atoms with E-state index >= 15 is 0 Å². The van der Waals surface area contributed by atoms with Crippen LogP contribution in [0.2, 0.25) is 0 Å². The predicted octanol–water partition coefficient (Wildman–Crippen LogP) is 1.20. The zero-order valence-electron chi connectivity index (χ0n) is 18.1. The molecule has 0 radical (unpaired) electrons. The molecule has 2 atom stereocenters. The number of nitrogens with one attached hydrogen (secondary N) is 3. The van der Waals surface area contributed by atoms with Gasteiger partial charge in [-0.05, 0) is 55.8 Å². The third kappa shape index (κ3) is 4.14. The van der Waals surface area contributed by atoms with Gasteiger partial charge in [0.2, 0.25) is 11.8 Å². The van der Waals surface area contributed by atoms with E-state index in [1.54, 1.807) is 12.1 Å². The monoisotopic (exact) mass is 426 g/mol. The number of nitrogens with zero attached hydrogens (tertiary/aromatic N) is 1. The van der Waals surface area contributed by atoms with E-state index in [1.165, 1.54) is 0 Å². The molecule has 0 aromatic heterocycles. The summed E-state index contributed by atoms with van der Waals surface area (Å²) in [5, 5.41) is 9.28. The Labute approximate surface area is 182 Å². The van der Waals surface area contributed by atoms with E-state index in [1.807, 2.05) is 6.07 Å². The highest BCUT2D eigenvalue weighted by atomic mass is 16.2. The molecule has 2 unspecified atom stereocenters. The van der Waals surface area contributed by atoms with Gasteiger partial charge in [0.25, 0.3) is 11.8 Å². The lowest BCUT2D eigenvalue weighted by atomic mass is 9.84. The lowest BCUT2D eigenvalue weighted by molar-refractivity contribution is -0.136. The van der Waals surface area contributed by atoms with Gasteiger partial charge in [0.1, 0.15) is 6.04 Å². The summed E-state index contributed by atoms with van der Waals surface area (Å²) in [6.45, 7) is 6.93. The second-order valence-electron chi connectivity index (χ2n) is 9.03. The Morgan fingerprint density at radius 2 is 1.81 bits per heavy atom. The van der Waals surface area contributed by atoms with E-state index in [4.69, 9.17) is 0 Å². The number of carbonyl (C=O) groups is 4. The first kappa shape index (κ1) is 21.6. The maximum atomic E-state index is 13.2. The minimum absolute atomic E-state index is 0.116. The van der Waals surface area contributed by atoms with E-state index < -0.39 is 23.8 Å². The largest absolute Gasteiger partial charge is 0.317 e. The molecule has 1 aromatic carbocycles. The van der Waals surface area contributed by atoms with Crippen molar-refractivity contribution < 1.29 is 19.2 Å². The normalized spacial score (nSPS) is 23.3. The third-order valence-corrected chi connectivity index (χ3v) is 6.69. The van der Waals surface area contributed by atoms with Crippen molar-refractivity contribution in [2.75, 3.05) is 13.1 Å². The van der Waals surface area contributed by atoms with Gasteiger partial charge >= 0.3 is 0 Å². The van der Waals surface area contributed by atoms with Crippen molar-refractivity contribution in [3.8, 4) is 0 Å². The average molecular weight is 427 g/mol. The van der Waals surface area contributed by atoms with Crippen LogP contribution in [0.25, 0.3) is 0 Å². The highest BCUT2D eigenvalue weighted by Gasteiger charge is 2.45. The standard InChI is InChI=1S/C23H30N4O4/c1-13(2)20(14-8-10-24-11-9-14)25-12-15-4-3-5-16-19(15)23(31)27(22(16)30)17-6-7-18(28)26-21(17)29/h3-5,13-14,17,20,24-25H,6-12H2,1-2H3,(H,26,28,29). The molecule has 3 aliphatic rings. The molecule has 1 aromatic rings. The van der Waals surface area contributed by atoms with Gasteiger partial charge in [-0.15, -0.1) is 0 Å². The van der Waals surface area contributed by atoms with Crippen LogP contribution in [0.4, 0.5) is 0 Å². The number of carbonyl (C=O) groups excluding carboxylic acids is 4. The summed E-state index contributed by atoms with van der Waals surface area (Å²) in [6, 6.07) is 4.66. The van der Waals surface area contributed by atoms with Crippen LogP contribution in [0, 0.1) is 11.8 Å².